The molecule has 1 heterocycles. The van der Waals surface area contributed by atoms with Crippen LogP contribution in [0.2, 0.25) is 5.02 Å². The highest BCUT2D eigenvalue weighted by molar-refractivity contribution is 9.10. The number of aromatic nitrogens is 1. The highest BCUT2D eigenvalue weighted by Gasteiger charge is 2.20. The lowest BCUT2D eigenvalue weighted by atomic mass is 9.86. The fourth-order valence-electron chi connectivity index (χ4n) is 2.97. The minimum absolute atomic E-state index is 0.126. The van der Waals surface area contributed by atoms with Crippen molar-refractivity contribution in [3.05, 3.63) is 55.6 Å². The molecular formula is C19H17BrClNO3. The van der Waals surface area contributed by atoms with Gasteiger partial charge >= 0.3 is 5.97 Å². The molecule has 1 N–H and O–H groups in total. The minimum atomic E-state index is -0.987. The van der Waals surface area contributed by atoms with Crippen molar-refractivity contribution in [2.24, 2.45) is 0 Å². The molecule has 0 aliphatic carbocycles. The first-order valence-electron chi connectivity index (χ1n) is 7.78. The van der Waals surface area contributed by atoms with E-state index in [-0.39, 0.29) is 17.4 Å². The van der Waals surface area contributed by atoms with Crippen LogP contribution in [-0.2, 0) is 16.8 Å². The number of fused-ring (bicyclic) bond motifs is 2. The van der Waals surface area contributed by atoms with Gasteiger partial charge in [-0.3, -0.25) is 9.59 Å². The van der Waals surface area contributed by atoms with Crippen LogP contribution >= 0.6 is 27.5 Å². The summed E-state index contributed by atoms with van der Waals surface area (Å²) >= 11 is 9.61. The van der Waals surface area contributed by atoms with E-state index in [1.165, 1.54) is 0 Å². The van der Waals surface area contributed by atoms with Crippen molar-refractivity contribution in [1.82, 2.24) is 4.57 Å². The van der Waals surface area contributed by atoms with Crippen LogP contribution in [-0.4, -0.2) is 15.6 Å². The molecule has 0 saturated heterocycles. The second kappa shape index (κ2) is 6.15. The third-order valence-electron chi connectivity index (χ3n) is 4.28. The molecule has 3 rings (SSSR count). The molecule has 1 aromatic heterocycles. The van der Waals surface area contributed by atoms with Crippen LogP contribution in [0.25, 0.3) is 21.8 Å². The van der Waals surface area contributed by atoms with Crippen molar-refractivity contribution < 1.29 is 9.90 Å². The number of hydrogen-bond acceptors (Lipinski definition) is 2. The summed E-state index contributed by atoms with van der Waals surface area (Å²) in [4.78, 5) is 24.4. The maximum absolute atomic E-state index is 12.9. The summed E-state index contributed by atoms with van der Waals surface area (Å²) in [6.45, 7) is 5.95. The second-order valence-electron chi connectivity index (χ2n) is 7.05. The normalized spacial score (nSPS) is 12.0. The first-order valence-corrected chi connectivity index (χ1v) is 8.95. The largest absolute Gasteiger partial charge is 0.480 e. The highest BCUT2D eigenvalue weighted by atomic mass is 79.9. The molecular weight excluding hydrogens is 406 g/mol. The van der Waals surface area contributed by atoms with Gasteiger partial charge in [-0.1, -0.05) is 38.4 Å². The van der Waals surface area contributed by atoms with Crippen molar-refractivity contribution in [2.45, 2.75) is 32.7 Å². The lowest BCUT2D eigenvalue weighted by molar-refractivity contribution is -0.137. The van der Waals surface area contributed by atoms with E-state index in [0.717, 1.165) is 5.56 Å². The molecule has 0 fully saturated rings. The number of halogens is 2. The summed E-state index contributed by atoms with van der Waals surface area (Å²) in [5, 5.41) is 10.8. The van der Waals surface area contributed by atoms with Crippen molar-refractivity contribution in [3.8, 4) is 0 Å². The summed E-state index contributed by atoms with van der Waals surface area (Å²) in [5.41, 5.74) is 1.85. The van der Waals surface area contributed by atoms with Crippen LogP contribution in [0.15, 0.2) is 39.6 Å². The zero-order chi connectivity index (χ0) is 18.5. The molecule has 0 aliphatic heterocycles. The number of rotatable bonds is 2. The third-order valence-corrected chi connectivity index (χ3v) is 5.62. The van der Waals surface area contributed by atoms with Gasteiger partial charge in [-0.15, -0.1) is 0 Å². The van der Waals surface area contributed by atoms with E-state index in [1.54, 1.807) is 22.8 Å². The van der Waals surface area contributed by atoms with Gasteiger partial charge in [-0.2, -0.15) is 0 Å². The summed E-state index contributed by atoms with van der Waals surface area (Å²) < 4.78 is 2.16. The van der Waals surface area contributed by atoms with Crippen LogP contribution in [0, 0.1) is 0 Å². The van der Waals surface area contributed by atoms with Gasteiger partial charge in [0.25, 0.3) is 0 Å². The minimum Gasteiger partial charge on any atom is -0.480 e. The fourth-order valence-corrected chi connectivity index (χ4v) is 3.68. The van der Waals surface area contributed by atoms with Crippen molar-refractivity contribution in [2.75, 3.05) is 0 Å². The monoisotopic (exact) mass is 421 g/mol. The van der Waals surface area contributed by atoms with Gasteiger partial charge < -0.3 is 9.67 Å². The van der Waals surface area contributed by atoms with Crippen LogP contribution < -0.4 is 5.43 Å². The molecule has 0 atom stereocenters. The quantitative estimate of drug-likeness (QED) is 0.594. The maximum atomic E-state index is 12.9. The molecule has 0 spiro atoms. The van der Waals surface area contributed by atoms with Crippen molar-refractivity contribution >= 4 is 55.3 Å². The molecule has 0 saturated carbocycles. The number of aliphatic carboxylic acids is 1. The smallest absolute Gasteiger partial charge is 0.323 e. The van der Waals surface area contributed by atoms with Crippen LogP contribution in [0.5, 0.6) is 0 Å². The van der Waals surface area contributed by atoms with Gasteiger partial charge in [0, 0.05) is 10.8 Å². The number of benzene rings is 2. The van der Waals surface area contributed by atoms with E-state index in [0.29, 0.717) is 31.3 Å². The highest BCUT2D eigenvalue weighted by Crippen LogP contribution is 2.33. The molecule has 0 amide bonds. The van der Waals surface area contributed by atoms with Gasteiger partial charge in [-0.05, 0) is 51.2 Å². The number of hydrogen-bond donors (Lipinski definition) is 1. The summed E-state index contributed by atoms with van der Waals surface area (Å²) in [6, 6.07) is 8.87. The van der Waals surface area contributed by atoms with E-state index in [2.05, 4.69) is 36.7 Å². The SMILES string of the molecule is CC(C)(C)c1ccc2c(=O)c3ccc(Cl)c(Br)c3n(CC(=O)O)c2c1. The number of carboxylic acids is 1. The molecule has 0 bridgehead atoms. The zero-order valence-electron chi connectivity index (χ0n) is 14.1. The van der Waals surface area contributed by atoms with E-state index < -0.39 is 5.97 Å². The van der Waals surface area contributed by atoms with Gasteiger partial charge in [0.05, 0.1) is 20.5 Å². The predicted octanol–water partition coefficient (Wildman–Crippen LogP) is 4.95. The number of carboxylic acid groups (broad SMARTS) is 1. The lowest BCUT2D eigenvalue weighted by Gasteiger charge is -2.21. The Kier molecular flexibility index (Phi) is 4.41. The van der Waals surface area contributed by atoms with Crippen LogP contribution in [0.1, 0.15) is 26.3 Å². The first kappa shape index (κ1) is 18.0. The second-order valence-corrected chi connectivity index (χ2v) is 8.25. The molecule has 25 heavy (non-hydrogen) atoms. The van der Waals surface area contributed by atoms with Gasteiger partial charge in [0.2, 0.25) is 0 Å². The lowest BCUT2D eigenvalue weighted by Crippen LogP contribution is -2.18. The number of pyridine rings is 1. The molecule has 0 unspecified atom stereocenters. The average Bonchev–Trinajstić information content (AvgIpc) is 2.52. The van der Waals surface area contributed by atoms with E-state index in [1.807, 2.05) is 12.1 Å². The Morgan fingerprint density at radius 3 is 2.44 bits per heavy atom. The Morgan fingerprint density at radius 1 is 1.20 bits per heavy atom. The van der Waals surface area contributed by atoms with E-state index in [9.17, 15) is 14.7 Å². The Bertz CT molecular complexity index is 1080. The van der Waals surface area contributed by atoms with Crippen molar-refractivity contribution in [1.29, 1.82) is 0 Å². The number of nitrogens with zero attached hydrogens (tertiary/aromatic N) is 1. The van der Waals surface area contributed by atoms with Crippen LogP contribution in [0.3, 0.4) is 0 Å². The van der Waals surface area contributed by atoms with Crippen LogP contribution in [0.4, 0.5) is 0 Å². The zero-order valence-corrected chi connectivity index (χ0v) is 16.4. The summed E-state index contributed by atoms with van der Waals surface area (Å²) in [6.07, 6.45) is 0. The topological polar surface area (TPSA) is 59.3 Å². The molecule has 4 nitrogen and oxygen atoms in total. The Labute approximate surface area is 158 Å². The Morgan fingerprint density at radius 2 is 1.84 bits per heavy atom. The van der Waals surface area contributed by atoms with E-state index >= 15 is 0 Å². The summed E-state index contributed by atoms with van der Waals surface area (Å²) in [7, 11) is 0. The standard InChI is InChI=1S/C19H17BrClNO3/c1-19(2,3)10-4-5-11-14(8-10)22(9-15(23)24)17-12(18(11)25)6-7-13(21)16(17)20/h4-8H,9H2,1-3H3,(H,23,24). The first-order chi connectivity index (χ1) is 11.6. The Hall–Kier alpha value is -1.85. The predicted molar refractivity (Wildman–Crippen MR) is 105 cm³/mol. The van der Waals surface area contributed by atoms with E-state index in [4.69, 9.17) is 11.6 Å². The molecule has 130 valence electrons. The average molecular weight is 423 g/mol. The molecule has 3 aromatic rings. The molecule has 0 radical (unpaired) electrons. The fraction of sp³-hybridized carbons (Fsp3) is 0.263. The Balaban J connectivity index is 2.58. The van der Waals surface area contributed by atoms with Gasteiger partial charge in [-0.25, -0.2) is 0 Å². The van der Waals surface area contributed by atoms with Gasteiger partial charge in [0.15, 0.2) is 5.43 Å². The summed E-state index contributed by atoms with van der Waals surface area (Å²) in [5.74, 6) is -0.987. The van der Waals surface area contributed by atoms with Gasteiger partial charge in [0.1, 0.15) is 6.54 Å². The van der Waals surface area contributed by atoms with Crippen molar-refractivity contribution in [3.63, 3.8) is 0 Å². The third kappa shape index (κ3) is 3.07. The maximum Gasteiger partial charge on any atom is 0.323 e. The molecule has 0 aliphatic rings. The molecule has 6 heteroatoms. The number of carbonyl (C=O) groups is 1. The molecule has 2 aromatic carbocycles.